The molecule has 2 rings (SSSR count). The summed E-state index contributed by atoms with van der Waals surface area (Å²) >= 11 is 0. The summed E-state index contributed by atoms with van der Waals surface area (Å²) in [5.41, 5.74) is 1.14. The van der Waals surface area contributed by atoms with Crippen LogP contribution in [0.2, 0.25) is 0 Å². The molecule has 0 aromatic heterocycles. The van der Waals surface area contributed by atoms with Crippen molar-refractivity contribution < 1.29 is 9.84 Å². The van der Waals surface area contributed by atoms with Gasteiger partial charge in [0.1, 0.15) is 0 Å². The molecule has 1 heterocycles. The van der Waals surface area contributed by atoms with Crippen LogP contribution in [-0.2, 0) is 11.3 Å². The smallest absolute Gasteiger partial charge is 0.0900 e. The number of ether oxygens (including phenoxy) is 1. The Bertz CT molecular complexity index is 358. The lowest BCUT2D eigenvalue weighted by molar-refractivity contribution is 0.00605. The van der Waals surface area contributed by atoms with Crippen LogP contribution in [0.1, 0.15) is 12.5 Å². The minimum Gasteiger partial charge on any atom is -0.389 e. The molecule has 1 aliphatic heterocycles. The molecule has 0 aliphatic carbocycles. The third-order valence-corrected chi connectivity index (χ3v) is 3.34. The first-order valence-electron chi connectivity index (χ1n) is 6.99. The zero-order chi connectivity index (χ0) is 13.5. The molecule has 2 atom stereocenters. The summed E-state index contributed by atoms with van der Waals surface area (Å²) in [6.45, 7) is 6.82. The van der Waals surface area contributed by atoms with Crippen LogP contribution in [0.3, 0.4) is 0 Å². The van der Waals surface area contributed by atoms with Gasteiger partial charge >= 0.3 is 0 Å². The van der Waals surface area contributed by atoms with E-state index in [1.54, 1.807) is 0 Å². The van der Waals surface area contributed by atoms with Crippen molar-refractivity contribution in [2.75, 3.05) is 32.8 Å². The summed E-state index contributed by atoms with van der Waals surface area (Å²) in [6.07, 6.45) is -0.408. The van der Waals surface area contributed by atoms with Gasteiger partial charge in [0, 0.05) is 32.2 Å². The number of rotatable bonds is 6. The van der Waals surface area contributed by atoms with E-state index in [1.165, 1.54) is 0 Å². The normalized spacial score (nSPS) is 22.3. The van der Waals surface area contributed by atoms with E-state index < -0.39 is 6.10 Å². The Labute approximate surface area is 115 Å². The highest BCUT2D eigenvalue weighted by molar-refractivity contribution is 5.13. The molecule has 1 saturated heterocycles. The summed E-state index contributed by atoms with van der Waals surface area (Å²) in [6, 6.07) is 10.6. The second kappa shape index (κ2) is 7.60. The van der Waals surface area contributed by atoms with Crippen LogP contribution in [0.4, 0.5) is 0 Å². The van der Waals surface area contributed by atoms with Crippen molar-refractivity contribution in [3.8, 4) is 0 Å². The van der Waals surface area contributed by atoms with Crippen molar-refractivity contribution in [1.82, 2.24) is 10.2 Å². The average Bonchev–Trinajstić information content (AvgIpc) is 2.40. The van der Waals surface area contributed by atoms with Gasteiger partial charge in [-0.2, -0.15) is 0 Å². The predicted octanol–water partition coefficient (Wildman–Crippen LogP) is 0.858. The van der Waals surface area contributed by atoms with Crippen LogP contribution in [-0.4, -0.2) is 54.9 Å². The molecule has 0 amide bonds. The molecule has 19 heavy (non-hydrogen) atoms. The summed E-state index contributed by atoms with van der Waals surface area (Å²) in [5, 5.41) is 13.4. The minimum atomic E-state index is -0.408. The fraction of sp³-hybridized carbons (Fsp3) is 0.600. The maximum Gasteiger partial charge on any atom is 0.0900 e. The number of aliphatic hydroxyl groups excluding tert-OH is 1. The first kappa shape index (κ1) is 14.5. The van der Waals surface area contributed by atoms with Crippen molar-refractivity contribution in [1.29, 1.82) is 0 Å². The van der Waals surface area contributed by atoms with Gasteiger partial charge in [-0.25, -0.2) is 0 Å². The number of aliphatic hydroxyl groups is 1. The first-order chi connectivity index (χ1) is 9.24. The lowest BCUT2D eigenvalue weighted by Crippen LogP contribution is -2.51. The maximum absolute atomic E-state index is 9.98. The molecular weight excluding hydrogens is 240 g/mol. The van der Waals surface area contributed by atoms with Gasteiger partial charge < -0.3 is 15.2 Å². The minimum absolute atomic E-state index is 0.396. The molecule has 2 N–H and O–H groups in total. The Morgan fingerprint density at radius 3 is 2.95 bits per heavy atom. The van der Waals surface area contributed by atoms with E-state index in [-0.39, 0.29) is 0 Å². The maximum atomic E-state index is 9.98. The van der Waals surface area contributed by atoms with Crippen LogP contribution in [0.25, 0.3) is 0 Å². The van der Waals surface area contributed by atoms with E-state index in [1.807, 2.05) is 30.3 Å². The molecule has 4 nitrogen and oxygen atoms in total. The van der Waals surface area contributed by atoms with Gasteiger partial charge in [0.15, 0.2) is 0 Å². The Balaban J connectivity index is 1.63. The lowest BCUT2D eigenvalue weighted by Gasteiger charge is -2.33. The second-order valence-electron chi connectivity index (χ2n) is 5.27. The van der Waals surface area contributed by atoms with Gasteiger partial charge in [-0.3, -0.25) is 4.90 Å². The van der Waals surface area contributed by atoms with Crippen LogP contribution in [0, 0.1) is 0 Å². The molecule has 0 radical (unpaired) electrons. The zero-order valence-electron chi connectivity index (χ0n) is 11.6. The molecule has 1 aromatic rings. The first-order valence-corrected chi connectivity index (χ1v) is 6.99. The van der Waals surface area contributed by atoms with Crippen molar-refractivity contribution in [2.45, 2.75) is 25.7 Å². The Hall–Kier alpha value is -0.940. The van der Waals surface area contributed by atoms with E-state index in [4.69, 9.17) is 4.74 Å². The number of benzene rings is 1. The lowest BCUT2D eigenvalue weighted by atomic mass is 10.2. The molecule has 4 heteroatoms. The third kappa shape index (κ3) is 5.28. The van der Waals surface area contributed by atoms with Gasteiger partial charge in [0.05, 0.1) is 19.3 Å². The van der Waals surface area contributed by atoms with E-state index in [0.29, 0.717) is 25.8 Å². The predicted molar refractivity (Wildman–Crippen MR) is 76.0 cm³/mol. The molecule has 1 fully saturated rings. The summed E-state index contributed by atoms with van der Waals surface area (Å²) in [7, 11) is 0. The number of hydrogen-bond donors (Lipinski definition) is 2. The molecule has 0 saturated carbocycles. The Kier molecular flexibility index (Phi) is 5.79. The fourth-order valence-corrected chi connectivity index (χ4v) is 2.42. The quantitative estimate of drug-likeness (QED) is 0.800. The topological polar surface area (TPSA) is 44.7 Å². The molecule has 1 aliphatic rings. The molecule has 106 valence electrons. The number of β-amino-alcohol motifs (C(OH)–C–C–N with tert-alkyl or cyclic N) is 1. The molecule has 1 unspecified atom stereocenters. The van der Waals surface area contributed by atoms with Crippen LogP contribution in [0.15, 0.2) is 30.3 Å². The molecule has 0 spiro atoms. The highest BCUT2D eigenvalue weighted by atomic mass is 16.5. The van der Waals surface area contributed by atoms with Crippen molar-refractivity contribution in [3.63, 3.8) is 0 Å². The highest BCUT2D eigenvalue weighted by Gasteiger charge is 2.18. The van der Waals surface area contributed by atoms with E-state index in [2.05, 4.69) is 17.1 Å². The van der Waals surface area contributed by atoms with E-state index in [0.717, 1.165) is 25.2 Å². The zero-order valence-corrected chi connectivity index (χ0v) is 11.6. The van der Waals surface area contributed by atoms with Gasteiger partial charge in [0.2, 0.25) is 0 Å². The summed E-state index contributed by atoms with van der Waals surface area (Å²) in [4.78, 5) is 2.29. The van der Waals surface area contributed by atoms with Gasteiger partial charge in [-0.15, -0.1) is 0 Å². The standard InChI is InChI=1S/C15H24N2O2/c1-13-9-17(8-7-16-13)10-15(18)12-19-11-14-5-3-2-4-6-14/h2-6,13,15-16,18H,7-12H2,1H3/t13-,15?/m0/s1. The Morgan fingerprint density at radius 2 is 2.21 bits per heavy atom. The second-order valence-corrected chi connectivity index (χ2v) is 5.27. The monoisotopic (exact) mass is 264 g/mol. The Morgan fingerprint density at radius 1 is 1.42 bits per heavy atom. The van der Waals surface area contributed by atoms with Crippen molar-refractivity contribution in [2.24, 2.45) is 0 Å². The summed E-state index contributed by atoms with van der Waals surface area (Å²) in [5.74, 6) is 0. The van der Waals surface area contributed by atoms with Gasteiger partial charge in [0.25, 0.3) is 0 Å². The molecular formula is C15H24N2O2. The van der Waals surface area contributed by atoms with Crippen LogP contribution in [0.5, 0.6) is 0 Å². The number of nitrogens with one attached hydrogen (secondary N) is 1. The molecule has 1 aromatic carbocycles. The van der Waals surface area contributed by atoms with Crippen LogP contribution < -0.4 is 5.32 Å². The van der Waals surface area contributed by atoms with Crippen molar-refractivity contribution in [3.05, 3.63) is 35.9 Å². The van der Waals surface area contributed by atoms with Crippen LogP contribution >= 0.6 is 0 Å². The van der Waals surface area contributed by atoms with Gasteiger partial charge in [-0.1, -0.05) is 30.3 Å². The third-order valence-electron chi connectivity index (χ3n) is 3.34. The average molecular weight is 264 g/mol. The number of nitrogens with zero attached hydrogens (tertiary/aromatic N) is 1. The SMILES string of the molecule is C[C@H]1CN(CC(O)COCc2ccccc2)CCN1. The largest absolute Gasteiger partial charge is 0.389 e. The number of piperazine rings is 1. The van der Waals surface area contributed by atoms with E-state index in [9.17, 15) is 5.11 Å². The van der Waals surface area contributed by atoms with E-state index >= 15 is 0 Å². The summed E-state index contributed by atoms with van der Waals surface area (Å²) < 4.78 is 5.56. The fourth-order valence-electron chi connectivity index (χ4n) is 2.42. The van der Waals surface area contributed by atoms with Gasteiger partial charge in [-0.05, 0) is 12.5 Å². The number of hydrogen-bond acceptors (Lipinski definition) is 4. The highest BCUT2D eigenvalue weighted by Crippen LogP contribution is 2.03. The van der Waals surface area contributed by atoms with Crippen molar-refractivity contribution >= 4 is 0 Å². The molecule has 0 bridgehead atoms.